The molecule has 1 nitrogen and oxygen atoms in total. The predicted octanol–water partition coefficient (Wildman–Crippen LogP) is 4.84. The number of hydrogen-bond acceptors (Lipinski definition) is 2. The van der Waals surface area contributed by atoms with E-state index in [-0.39, 0.29) is 0 Å². The first-order valence-corrected chi connectivity index (χ1v) is 6.46. The molecule has 0 aliphatic rings. The number of halogens is 2. The summed E-state index contributed by atoms with van der Waals surface area (Å²) in [4.78, 5) is 5.62. The molecule has 0 aliphatic heterocycles. The van der Waals surface area contributed by atoms with Crippen LogP contribution in [-0.4, -0.2) is 4.98 Å². The number of rotatable bonds is 1. The van der Waals surface area contributed by atoms with Gasteiger partial charge in [-0.3, -0.25) is 0 Å². The van der Waals surface area contributed by atoms with Gasteiger partial charge in [0.2, 0.25) is 0 Å². The smallest absolute Gasteiger partial charge is 0.160 e. The van der Waals surface area contributed by atoms with Gasteiger partial charge in [-0.1, -0.05) is 23.7 Å². The van der Waals surface area contributed by atoms with E-state index in [0.29, 0.717) is 0 Å². The van der Waals surface area contributed by atoms with E-state index in [9.17, 15) is 0 Å². The maximum absolute atomic E-state index is 6.09. The van der Waals surface area contributed by atoms with Gasteiger partial charge in [0.25, 0.3) is 0 Å². The van der Waals surface area contributed by atoms with Gasteiger partial charge in [-0.15, -0.1) is 11.3 Å². The molecule has 0 saturated carbocycles. The molecule has 0 fully saturated rings. The zero-order chi connectivity index (χ0) is 11.0. The van der Waals surface area contributed by atoms with Gasteiger partial charge in [0.05, 0.1) is 5.69 Å². The maximum atomic E-state index is 6.09. The van der Waals surface area contributed by atoms with Crippen molar-refractivity contribution in [3.05, 3.63) is 37.6 Å². The molecule has 0 atom stereocenters. The second-order valence-electron chi connectivity index (χ2n) is 3.34. The van der Waals surface area contributed by atoms with Crippen LogP contribution >= 0.6 is 38.9 Å². The molecule has 1 aromatic heterocycles. The van der Waals surface area contributed by atoms with Gasteiger partial charge in [0.15, 0.2) is 3.92 Å². The summed E-state index contributed by atoms with van der Waals surface area (Å²) in [5.41, 5.74) is 3.17. The molecule has 0 aliphatic carbocycles. The molecule has 0 saturated heterocycles. The zero-order valence-corrected chi connectivity index (χ0v) is 11.5. The molecule has 4 heteroatoms. The minimum absolute atomic E-state index is 0.788. The fraction of sp³-hybridized carbons (Fsp3) is 0.182. The third-order valence-electron chi connectivity index (χ3n) is 2.22. The van der Waals surface area contributed by atoms with Gasteiger partial charge in [-0.25, -0.2) is 4.98 Å². The van der Waals surface area contributed by atoms with E-state index in [4.69, 9.17) is 11.6 Å². The van der Waals surface area contributed by atoms with Gasteiger partial charge >= 0.3 is 0 Å². The average molecular weight is 303 g/mol. The summed E-state index contributed by atoms with van der Waals surface area (Å²) in [6.07, 6.45) is 0. The molecular formula is C11H9BrClNS. The van der Waals surface area contributed by atoms with Crippen LogP contribution < -0.4 is 0 Å². The molecule has 15 heavy (non-hydrogen) atoms. The molecule has 0 N–H and O–H groups in total. The largest absolute Gasteiger partial charge is 0.229 e. The quantitative estimate of drug-likeness (QED) is 0.734. The lowest BCUT2D eigenvalue weighted by Crippen LogP contribution is -1.82. The molecule has 0 amide bonds. The van der Waals surface area contributed by atoms with Crippen molar-refractivity contribution in [2.24, 2.45) is 0 Å². The van der Waals surface area contributed by atoms with Crippen LogP contribution in [0.4, 0.5) is 0 Å². The number of aromatic nitrogens is 1. The minimum atomic E-state index is 0.788. The molecule has 0 radical (unpaired) electrons. The van der Waals surface area contributed by atoms with Crippen molar-refractivity contribution in [3.63, 3.8) is 0 Å². The summed E-state index contributed by atoms with van der Waals surface area (Å²) in [5, 5.41) is 0.788. The van der Waals surface area contributed by atoms with E-state index < -0.39 is 0 Å². The van der Waals surface area contributed by atoms with Crippen LogP contribution in [0.5, 0.6) is 0 Å². The lowest BCUT2D eigenvalue weighted by Gasteiger charge is -2.02. The average Bonchev–Trinajstić information content (AvgIpc) is 2.50. The monoisotopic (exact) mass is 301 g/mol. The van der Waals surface area contributed by atoms with Crippen molar-refractivity contribution >= 4 is 38.9 Å². The number of benzene rings is 1. The molecular weight excluding hydrogens is 294 g/mol. The lowest BCUT2D eigenvalue weighted by molar-refractivity contribution is 1.34. The van der Waals surface area contributed by atoms with E-state index >= 15 is 0 Å². The fourth-order valence-corrected chi connectivity index (χ4v) is 3.11. The summed E-state index contributed by atoms with van der Waals surface area (Å²) < 4.78 is 0.909. The van der Waals surface area contributed by atoms with E-state index in [0.717, 1.165) is 25.8 Å². The Morgan fingerprint density at radius 1 is 1.33 bits per heavy atom. The highest BCUT2D eigenvalue weighted by molar-refractivity contribution is 9.11. The third kappa shape index (κ3) is 2.25. The van der Waals surface area contributed by atoms with Crippen LogP contribution in [0.2, 0.25) is 5.02 Å². The maximum Gasteiger partial charge on any atom is 0.160 e. The van der Waals surface area contributed by atoms with Crippen LogP contribution in [-0.2, 0) is 0 Å². The highest BCUT2D eigenvalue weighted by Crippen LogP contribution is 2.32. The Morgan fingerprint density at radius 3 is 2.60 bits per heavy atom. The van der Waals surface area contributed by atoms with Crippen molar-refractivity contribution in [1.29, 1.82) is 0 Å². The Balaban J connectivity index is 2.54. The van der Waals surface area contributed by atoms with Crippen LogP contribution in [0.25, 0.3) is 11.3 Å². The van der Waals surface area contributed by atoms with Crippen molar-refractivity contribution < 1.29 is 0 Å². The highest BCUT2D eigenvalue weighted by atomic mass is 79.9. The first kappa shape index (κ1) is 11.1. The molecule has 2 rings (SSSR count). The van der Waals surface area contributed by atoms with E-state index in [2.05, 4.69) is 33.9 Å². The number of thiazole rings is 1. The van der Waals surface area contributed by atoms with Crippen molar-refractivity contribution in [2.45, 2.75) is 13.8 Å². The van der Waals surface area contributed by atoms with Crippen LogP contribution in [0.15, 0.2) is 22.1 Å². The Labute approximate surface area is 106 Å². The summed E-state index contributed by atoms with van der Waals surface area (Å²) in [7, 11) is 0. The van der Waals surface area contributed by atoms with E-state index in [1.165, 1.54) is 4.88 Å². The van der Waals surface area contributed by atoms with Crippen LogP contribution in [0.3, 0.4) is 0 Å². The Morgan fingerprint density at radius 2 is 2.07 bits per heavy atom. The second-order valence-corrected chi connectivity index (χ2v) is 6.22. The Kier molecular flexibility index (Phi) is 3.14. The molecule has 2 aromatic rings. The van der Waals surface area contributed by atoms with Crippen molar-refractivity contribution in [1.82, 2.24) is 4.98 Å². The first-order valence-electron chi connectivity index (χ1n) is 4.47. The molecule has 0 spiro atoms. The Bertz CT molecular complexity index is 507. The van der Waals surface area contributed by atoms with Gasteiger partial charge in [-0.05, 0) is 41.4 Å². The number of aryl methyl sites for hydroxylation is 2. The number of hydrogen-bond donors (Lipinski definition) is 0. The standard InChI is InChI=1S/C11H9BrClNS/c1-6-3-4-8(5-9(6)13)10-7(2)15-11(12)14-10/h3-5H,1-2H3. The first-order chi connectivity index (χ1) is 7.08. The molecule has 0 unspecified atom stereocenters. The fourth-order valence-electron chi connectivity index (χ4n) is 1.37. The van der Waals surface area contributed by atoms with Gasteiger partial charge in [0.1, 0.15) is 0 Å². The second kappa shape index (κ2) is 4.24. The van der Waals surface area contributed by atoms with Crippen molar-refractivity contribution in [2.75, 3.05) is 0 Å². The van der Waals surface area contributed by atoms with Crippen molar-refractivity contribution in [3.8, 4) is 11.3 Å². The molecule has 78 valence electrons. The number of nitrogens with zero attached hydrogens (tertiary/aromatic N) is 1. The highest BCUT2D eigenvalue weighted by Gasteiger charge is 2.09. The summed E-state index contributed by atoms with van der Waals surface area (Å²) in [6.45, 7) is 4.06. The summed E-state index contributed by atoms with van der Waals surface area (Å²) in [5.74, 6) is 0. The Hall–Kier alpha value is -0.380. The predicted molar refractivity (Wildman–Crippen MR) is 69.7 cm³/mol. The van der Waals surface area contributed by atoms with Gasteiger partial charge < -0.3 is 0 Å². The lowest BCUT2D eigenvalue weighted by atomic mass is 10.1. The summed E-state index contributed by atoms with van der Waals surface area (Å²) >= 11 is 11.1. The molecule has 0 bridgehead atoms. The van der Waals surface area contributed by atoms with Crippen LogP contribution in [0.1, 0.15) is 10.4 Å². The van der Waals surface area contributed by atoms with Gasteiger partial charge in [0, 0.05) is 15.5 Å². The van der Waals surface area contributed by atoms with E-state index in [1.54, 1.807) is 11.3 Å². The van der Waals surface area contributed by atoms with E-state index in [1.807, 2.05) is 19.1 Å². The topological polar surface area (TPSA) is 12.9 Å². The minimum Gasteiger partial charge on any atom is -0.229 e. The molecule has 1 aromatic carbocycles. The van der Waals surface area contributed by atoms with Crippen LogP contribution in [0, 0.1) is 13.8 Å². The SMILES string of the molecule is Cc1ccc(-c2nc(Br)sc2C)cc1Cl. The normalized spacial score (nSPS) is 10.7. The third-order valence-corrected chi connectivity index (χ3v) is 4.05. The molecule has 1 heterocycles. The van der Waals surface area contributed by atoms with Gasteiger partial charge in [-0.2, -0.15) is 0 Å². The summed E-state index contributed by atoms with van der Waals surface area (Å²) in [6, 6.07) is 6.03. The zero-order valence-electron chi connectivity index (χ0n) is 8.34.